The summed E-state index contributed by atoms with van der Waals surface area (Å²) in [5.74, 6) is 0.768. The van der Waals surface area contributed by atoms with Gasteiger partial charge in [-0.25, -0.2) is 4.98 Å². The Hall–Kier alpha value is -1.86. The molecule has 1 aliphatic carbocycles. The van der Waals surface area contributed by atoms with Gasteiger partial charge in [0.15, 0.2) is 0 Å². The number of para-hydroxylation sites is 2. The van der Waals surface area contributed by atoms with E-state index in [1.807, 2.05) is 24.3 Å². The molecule has 1 saturated carbocycles. The smallest absolute Gasteiger partial charge is 0.124 e. The van der Waals surface area contributed by atoms with E-state index in [1.165, 1.54) is 0 Å². The Kier molecular flexibility index (Phi) is 2.77. The van der Waals surface area contributed by atoms with Gasteiger partial charge in [-0.2, -0.15) is 5.26 Å². The second-order valence-electron chi connectivity index (χ2n) is 4.79. The van der Waals surface area contributed by atoms with E-state index in [4.69, 9.17) is 5.26 Å². The van der Waals surface area contributed by atoms with Crippen molar-refractivity contribution in [3.8, 4) is 6.07 Å². The van der Waals surface area contributed by atoms with E-state index in [1.54, 1.807) is 0 Å². The second-order valence-corrected chi connectivity index (χ2v) is 4.79. The van der Waals surface area contributed by atoms with E-state index in [-0.39, 0.29) is 18.6 Å². The summed E-state index contributed by atoms with van der Waals surface area (Å²) in [5, 5.41) is 19.0. The molecule has 1 N–H and O–H groups in total. The van der Waals surface area contributed by atoms with Crippen LogP contribution < -0.4 is 0 Å². The molecule has 0 amide bonds. The molecule has 4 heteroatoms. The molecule has 0 radical (unpaired) electrons. The fourth-order valence-corrected chi connectivity index (χ4v) is 2.88. The highest BCUT2D eigenvalue weighted by atomic mass is 16.3. The summed E-state index contributed by atoms with van der Waals surface area (Å²) < 4.78 is 2.07. The third kappa shape index (κ3) is 1.68. The van der Waals surface area contributed by atoms with Gasteiger partial charge in [0.05, 0.1) is 35.7 Å². The zero-order valence-electron chi connectivity index (χ0n) is 10.1. The summed E-state index contributed by atoms with van der Waals surface area (Å²) in [7, 11) is 0. The topological polar surface area (TPSA) is 61.8 Å². The van der Waals surface area contributed by atoms with E-state index in [0.29, 0.717) is 0 Å². The highest BCUT2D eigenvalue weighted by Gasteiger charge is 2.29. The van der Waals surface area contributed by atoms with Crippen LogP contribution in [0.5, 0.6) is 0 Å². The summed E-state index contributed by atoms with van der Waals surface area (Å²) >= 11 is 0. The molecule has 2 atom stereocenters. The van der Waals surface area contributed by atoms with E-state index >= 15 is 0 Å². The number of aliphatic hydroxyl groups is 1. The lowest BCUT2D eigenvalue weighted by Gasteiger charge is -2.19. The quantitative estimate of drug-likeness (QED) is 0.876. The summed E-state index contributed by atoms with van der Waals surface area (Å²) in [4.78, 5) is 4.51. The SMILES string of the molecule is N#CCc1nc2ccccc2n1[C@H]1CCC[C@@H]1O. The first-order valence-corrected chi connectivity index (χ1v) is 6.32. The summed E-state index contributed by atoms with van der Waals surface area (Å²) in [5.41, 5.74) is 1.93. The average Bonchev–Trinajstić information content (AvgIpc) is 2.93. The van der Waals surface area contributed by atoms with Crippen LogP contribution in [-0.4, -0.2) is 20.8 Å². The average molecular weight is 241 g/mol. The predicted octanol–water partition coefficient (Wildman–Crippen LogP) is 2.19. The first kappa shape index (κ1) is 11.2. The van der Waals surface area contributed by atoms with E-state index in [0.717, 1.165) is 36.1 Å². The Labute approximate surface area is 105 Å². The fraction of sp³-hybridized carbons (Fsp3) is 0.429. The normalized spacial score (nSPS) is 23.3. The zero-order valence-corrected chi connectivity index (χ0v) is 10.1. The Morgan fingerprint density at radius 1 is 1.39 bits per heavy atom. The van der Waals surface area contributed by atoms with Crippen LogP contribution in [0.4, 0.5) is 0 Å². The Morgan fingerprint density at radius 2 is 2.22 bits per heavy atom. The van der Waals surface area contributed by atoms with Gasteiger partial charge in [0.1, 0.15) is 5.82 Å². The van der Waals surface area contributed by atoms with Crippen LogP contribution in [0.15, 0.2) is 24.3 Å². The van der Waals surface area contributed by atoms with Crippen molar-refractivity contribution < 1.29 is 5.11 Å². The molecule has 92 valence electrons. The lowest BCUT2D eigenvalue weighted by molar-refractivity contribution is 0.137. The van der Waals surface area contributed by atoms with Crippen LogP contribution in [-0.2, 0) is 6.42 Å². The molecule has 0 spiro atoms. The van der Waals surface area contributed by atoms with Crippen molar-refractivity contribution in [1.29, 1.82) is 5.26 Å². The van der Waals surface area contributed by atoms with Crippen molar-refractivity contribution in [2.75, 3.05) is 0 Å². The van der Waals surface area contributed by atoms with Gasteiger partial charge < -0.3 is 9.67 Å². The van der Waals surface area contributed by atoms with Gasteiger partial charge in [-0.3, -0.25) is 0 Å². The predicted molar refractivity (Wildman–Crippen MR) is 67.9 cm³/mol. The Balaban J connectivity index is 2.18. The third-order valence-electron chi connectivity index (χ3n) is 3.68. The summed E-state index contributed by atoms with van der Waals surface area (Å²) in [6.07, 6.45) is 2.80. The van der Waals surface area contributed by atoms with Gasteiger partial charge in [-0.05, 0) is 31.4 Å². The monoisotopic (exact) mass is 241 g/mol. The molecule has 1 fully saturated rings. The Morgan fingerprint density at radius 3 is 2.94 bits per heavy atom. The molecule has 4 nitrogen and oxygen atoms in total. The number of fused-ring (bicyclic) bond motifs is 1. The summed E-state index contributed by atoms with van der Waals surface area (Å²) in [6.45, 7) is 0. The largest absolute Gasteiger partial charge is 0.391 e. The van der Waals surface area contributed by atoms with Crippen LogP contribution >= 0.6 is 0 Å². The van der Waals surface area contributed by atoms with Crippen LogP contribution in [0, 0.1) is 11.3 Å². The van der Waals surface area contributed by atoms with Crippen molar-refractivity contribution in [3.63, 3.8) is 0 Å². The maximum atomic E-state index is 10.1. The molecular weight excluding hydrogens is 226 g/mol. The lowest BCUT2D eigenvalue weighted by atomic mass is 10.2. The minimum absolute atomic E-state index is 0.0701. The molecule has 0 unspecified atom stereocenters. The van der Waals surface area contributed by atoms with Crippen LogP contribution in [0.25, 0.3) is 11.0 Å². The van der Waals surface area contributed by atoms with E-state index in [9.17, 15) is 5.11 Å². The van der Waals surface area contributed by atoms with Crippen LogP contribution in [0.3, 0.4) is 0 Å². The molecule has 2 aromatic rings. The second kappa shape index (κ2) is 4.43. The number of hydrogen-bond acceptors (Lipinski definition) is 3. The number of imidazole rings is 1. The number of rotatable bonds is 2. The number of aliphatic hydroxyl groups excluding tert-OH is 1. The Bertz CT molecular complexity index is 611. The number of aromatic nitrogens is 2. The van der Waals surface area contributed by atoms with Crippen molar-refractivity contribution in [3.05, 3.63) is 30.1 Å². The van der Waals surface area contributed by atoms with Gasteiger partial charge in [0, 0.05) is 0 Å². The maximum Gasteiger partial charge on any atom is 0.124 e. The molecule has 0 aliphatic heterocycles. The minimum Gasteiger partial charge on any atom is -0.391 e. The fourth-order valence-electron chi connectivity index (χ4n) is 2.88. The number of nitrogens with zero attached hydrogens (tertiary/aromatic N) is 3. The van der Waals surface area contributed by atoms with E-state index in [2.05, 4.69) is 15.6 Å². The first-order chi connectivity index (χ1) is 8.81. The van der Waals surface area contributed by atoms with Gasteiger partial charge in [0.25, 0.3) is 0 Å². The standard InChI is InChI=1S/C14H15N3O/c15-9-8-14-16-10-4-1-2-5-11(10)17(14)12-6-3-7-13(12)18/h1-2,4-5,12-13,18H,3,6-8H2/t12-,13-/m0/s1. The third-order valence-corrected chi connectivity index (χ3v) is 3.68. The van der Waals surface area contributed by atoms with Crippen LogP contribution in [0.1, 0.15) is 31.1 Å². The van der Waals surface area contributed by atoms with Gasteiger partial charge in [0.2, 0.25) is 0 Å². The first-order valence-electron chi connectivity index (χ1n) is 6.32. The van der Waals surface area contributed by atoms with Gasteiger partial charge in [-0.15, -0.1) is 0 Å². The number of hydrogen-bond donors (Lipinski definition) is 1. The zero-order chi connectivity index (χ0) is 12.5. The molecule has 1 heterocycles. The molecule has 18 heavy (non-hydrogen) atoms. The van der Waals surface area contributed by atoms with E-state index < -0.39 is 0 Å². The molecule has 3 rings (SSSR count). The van der Waals surface area contributed by atoms with Crippen molar-refractivity contribution >= 4 is 11.0 Å². The summed E-state index contributed by atoms with van der Waals surface area (Å²) in [6, 6.07) is 10.1. The maximum absolute atomic E-state index is 10.1. The molecule has 0 bridgehead atoms. The molecule has 1 aliphatic rings. The molecule has 1 aromatic heterocycles. The molecule has 0 saturated heterocycles. The van der Waals surface area contributed by atoms with Gasteiger partial charge >= 0.3 is 0 Å². The minimum atomic E-state index is -0.319. The number of benzene rings is 1. The van der Waals surface area contributed by atoms with Crippen molar-refractivity contribution in [2.24, 2.45) is 0 Å². The van der Waals surface area contributed by atoms with Crippen molar-refractivity contribution in [2.45, 2.75) is 37.8 Å². The number of nitriles is 1. The van der Waals surface area contributed by atoms with Crippen molar-refractivity contribution in [1.82, 2.24) is 9.55 Å². The highest BCUT2D eigenvalue weighted by Crippen LogP contribution is 2.34. The van der Waals surface area contributed by atoms with Gasteiger partial charge in [-0.1, -0.05) is 12.1 Å². The molecular formula is C14H15N3O. The lowest BCUT2D eigenvalue weighted by Crippen LogP contribution is -2.20. The van der Waals surface area contributed by atoms with Crippen LogP contribution in [0.2, 0.25) is 0 Å². The highest BCUT2D eigenvalue weighted by molar-refractivity contribution is 5.76. The molecule has 1 aromatic carbocycles.